The Hall–Kier alpha value is -2.98. The van der Waals surface area contributed by atoms with Crippen LogP contribution in [0, 0.1) is 11.8 Å². The monoisotopic (exact) mass is 511 g/mol. The number of aliphatic hydroxyl groups excluding tert-OH is 1. The van der Waals surface area contributed by atoms with Gasteiger partial charge in [0.2, 0.25) is 0 Å². The van der Waals surface area contributed by atoms with Gasteiger partial charge in [-0.2, -0.15) is 5.10 Å². The maximum absolute atomic E-state index is 13.2. The number of hydrogen-bond donors (Lipinski definition) is 3. The molecule has 1 fully saturated rings. The highest BCUT2D eigenvalue weighted by molar-refractivity contribution is 5.75. The lowest BCUT2D eigenvalue weighted by atomic mass is 9.76. The Bertz CT molecular complexity index is 1130. The van der Waals surface area contributed by atoms with Crippen molar-refractivity contribution < 1.29 is 24.6 Å². The second-order valence-electron chi connectivity index (χ2n) is 10.7. The summed E-state index contributed by atoms with van der Waals surface area (Å²) in [5.41, 5.74) is 4.52. The van der Waals surface area contributed by atoms with Gasteiger partial charge < -0.3 is 20.4 Å². The fourth-order valence-electron chi connectivity index (χ4n) is 5.90. The molecule has 2 aliphatic carbocycles. The van der Waals surface area contributed by atoms with Gasteiger partial charge in [0.05, 0.1) is 12.1 Å². The van der Waals surface area contributed by atoms with Gasteiger partial charge in [-0.3, -0.25) is 14.3 Å². The van der Waals surface area contributed by atoms with Crippen LogP contribution in [0.25, 0.3) is 0 Å². The van der Waals surface area contributed by atoms with Crippen LogP contribution in [0.4, 0.5) is 5.82 Å². The summed E-state index contributed by atoms with van der Waals surface area (Å²) in [6.45, 7) is 0.673. The highest BCUT2D eigenvalue weighted by Crippen LogP contribution is 2.37. The van der Waals surface area contributed by atoms with Crippen molar-refractivity contribution in [3.05, 3.63) is 40.8 Å². The van der Waals surface area contributed by atoms with Crippen LogP contribution in [-0.2, 0) is 47.2 Å². The van der Waals surface area contributed by atoms with Crippen molar-refractivity contribution in [2.75, 3.05) is 18.5 Å². The standard InChI is InChI=1S/C27H37N5O5/c1-31-24-15-19(5-6-20(24)16-29-31)27(36)37-32(23(10-12-33)26(34)35)22-13-17(14-22)4-8-21-9-7-18-3-2-11-28-25(18)30-21/h7,9,16-17,19,22-23,33H,2-6,8,10-15H2,1H3,(H,28,30)(H,34,35)/t17?,19-,22?,23-/m0/s1. The van der Waals surface area contributed by atoms with Gasteiger partial charge in [0.1, 0.15) is 11.9 Å². The summed E-state index contributed by atoms with van der Waals surface area (Å²) in [4.78, 5) is 35.8. The number of aliphatic hydroxyl groups is 1. The molecule has 0 amide bonds. The first kappa shape index (κ1) is 25.7. The van der Waals surface area contributed by atoms with Crippen LogP contribution in [0.15, 0.2) is 18.3 Å². The molecule has 2 aromatic heterocycles. The quantitative estimate of drug-likeness (QED) is 0.411. The Kier molecular flexibility index (Phi) is 7.76. The van der Waals surface area contributed by atoms with Gasteiger partial charge in [0, 0.05) is 44.0 Å². The number of hydroxylamine groups is 2. The lowest BCUT2D eigenvalue weighted by Crippen LogP contribution is -2.54. The number of nitrogens with zero attached hydrogens (tertiary/aromatic N) is 4. The van der Waals surface area contributed by atoms with Crippen molar-refractivity contribution in [3.8, 4) is 0 Å². The van der Waals surface area contributed by atoms with Gasteiger partial charge in [-0.25, -0.2) is 4.98 Å². The molecule has 200 valence electrons. The molecule has 2 aromatic rings. The van der Waals surface area contributed by atoms with E-state index in [9.17, 15) is 19.8 Å². The van der Waals surface area contributed by atoms with Crippen molar-refractivity contribution in [1.82, 2.24) is 19.8 Å². The minimum absolute atomic E-state index is 0.00632. The Morgan fingerprint density at radius 1 is 1.27 bits per heavy atom. The molecular weight excluding hydrogens is 474 g/mol. The first-order valence-corrected chi connectivity index (χ1v) is 13.5. The van der Waals surface area contributed by atoms with Gasteiger partial charge in [-0.15, -0.1) is 5.06 Å². The highest BCUT2D eigenvalue weighted by Gasteiger charge is 2.43. The first-order valence-electron chi connectivity index (χ1n) is 13.5. The van der Waals surface area contributed by atoms with Crippen molar-refractivity contribution >= 4 is 17.8 Å². The molecule has 0 spiro atoms. The molecule has 1 aliphatic heterocycles. The molecule has 0 radical (unpaired) electrons. The zero-order chi connectivity index (χ0) is 25.9. The molecule has 10 heteroatoms. The Morgan fingerprint density at radius 3 is 2.89 bits per heavy atom. The summed E-state index contributed by atoms with van der Waals surface area (Å²) in [5, 5.41) is 28.4. The number of rotatable bonds is 10. The summed E-state index contributed by atoms with van der Waals surface area (Å²) in [7, 11) is 1.87. The van der Waals surface area contributed by atoms with E-state index in [-0.39, 0.29) is 25.0 Å². The Morgan fingerprint density at radius 2 is 2.11 bits per heavy atom. The van der Waals surface area contributed by atoms with Gasteiger partial charge >= 0.3 is 11.9 Å². The molecule has 1 saturated carbocycles. The second-order valence-corrected chi connectivity index (χ2v) is 10.7. The van der Waals surface area contributed by atoms with E-state index in [1.54, 1.807) is 4.68 Å². The van der Waals surface area contributed by atoms with E-state index in [0.29, 0.717) is 18.8 Å². The zero-order valence-electron chi connectivity index (χ0n) is 21.4. The Labute approximate surface area is 217 Å². The zero-order valence-corrected chi connectivity index (χ0v) is 21.4. The van der Waals surface area contributed by atoms with Crippen LogP contribution in [0.3, 0.4) is 0 Å². The molecule has 3 N–H and O–H groups in total. The molecule has 0 saturated heterocycles. The lowest BCUT2D eigenvalue weighted by Gasteiger charge is -2.44. The first-order chi connectivity index (χ1) is 17.9. The minimum atomic E-state index is -1.09. The number of carboxylic acid groups (broad SMARTS) is 1. The Balaban J connectivity index is 1.19. The molecule has 0 unspecified atom stereocenters. The molecule has 37 heavy (non-hydrogen) atoms. The van der Waals surface area contributed by atoms with Gasteiger partial charge in [0.15, 0.2) is 0 Å². The average molecular weight is 512 g/mol. The molecule has 2 atom stereocenters. The van der Waals surface area contributed by atoms with E-state index in [2.05, 4.69) is 22.5 Å². The lowest BCUT2D eigenvalue weighted by molar-refractivity contribution is -0.237. The summed E-state index contributed by atoms with van der Waals surface area (Å²) in [5.74, 6) is -0.415. The van der Waals surface area contributed by atoms with E-state index in [0.717, 1.165) is 74.3 Å². The highest BCUT2D eigenvalue weighted by atomic mass is 16.7. The molecule has 5 rings (SSSR count). The summed E-state index contributed by atoms with van der Waals surface area (Å²) in [6.07, 6.45) is 9.31. The van der Waals surface area contributed by atoms with Crippen LogP contribution < -0.4 is 5.32 Å². The molecule has 3 heterocycles. The minimum Gasteiger partial charge on any atom is -0.480 e. The maximum Gasteiger partial charge on any atom is 0.328 e. The third-order valence-electron chi connectivity index (χ3n) is 8.20. The number of aryl methyl sites for hydroxylation is 4. The van der Waals surface area contributed by atoms with Crippen LogP contribution in [0.2, 0.25) is 0 Å². The topological polar surface area (TPSA) is 130 Å². The second kappa shape index (κ2) is 11.2. The fourth-order valence-corrected chi connectivity index (χ4v) is 5.90. The SMILES string of the molecule is Cn1ncc2c1C[C@@H](C(=O)ON(C1CC(CCc3ccc4c(n3)NCCC4)C1)[C@@H](CCO)C(=O)O)CC2. The molecule has 0 bridgehead atoms. The van der Waals surface area contributed by atoms with Crippen LogP contribution in [-0.4, -0.2) is 67.2 Å². The average Bonchev–Trinajstić information content (AvgIpc) is 3.25. The van der Waals surface area contributed by atoms with Crippen molar-refractivity contribution in [2.24, 2.45) is 18.9 Å². The van der Waals surface area contributed by atoms with E-state index in [4.69, 9.17) is 9.82 Å². The predicted octanol–water partition coefficient (Wildman–Crippen LogP) is 2.29. The smallest absolute Gasteiger partial charge is 0.328 e. The summed E-state index contributed by atoms with van der Waals surface area (Å²) in [6, 6.07) is 3.04. The molecule has 0 aromatic carbocycles. The maximum atomic E-state index is 13.2. The van der Waals surface area contributed by atoms with Crippen molar-refractivity contribution in [3.63, 3.8) is 0 Å². The number of hydrogen-bond acceptors (Lipinski definition) is 8. The van der Waals surface area contributed by atoms with E-state index < -0.39 is 18.0 Å². The number of anilines is 1. The van der Waals surface area contributed by atoms with E-state index in [1.807, 2.05) is 13.2 Å². The number of pyridine rings is 1. The van der Waals surface area contributed by atoms with Crippen LogP contribution in [0.1, 0.15) is 61.0 Å². The third kappa shape index (κ3) is 5.65. The summed E-state index contributed by atoms with van der Waals surface area (Å²) < 4.78 is 1.79. The molecule has 3 aliphatic rings. The fraction of sp³-hybridized carbons (Fsp3) is 0.630. The van der Waals surface area contributed by atoms with E-state index >= 15 is 0 Å². The number of carbonyl (C=O) groups is 2. The molecular formula is C27H37N5O5. The summed E-state index contributed by atoms with van der Waals surface area (Å²) >= 11 is 0. The number of nitrogens with one attached hydrogen (secondary N) is 1. The number of carboxylic acids is 1. The number of fused-ring (bicyclic) bond motifs is 2. The van der Waals surface area contributed by atoms with Crippen LogP contribution in [0.5, 0.6) is 0 Å². The van der Waals surface area contributed by atoms with Gasteiger partial charge in [0.25, 0.3) is 0 Å². The van der Waals surface area contributed by atoms with Crippen molar-refractivity contribution in [2.45, 2.75) is 76.3 Å². The number of carbonyl (C=O) groups excluding carboxylic acids is 1. The number of aliphatic carboxylic acids is 1. The van der Waals surface area contributed by atoms with E-state index in [1.165, 1.54) is 10.6 Å². The van der Waals surface area contributed by atoms with Crippen LogP contribution >= 0.6 is 0 Å². The van der Waals surface area contributed by atoms with Crippen molar-refractivity contribution in [1.29, 1.82) is 0 Å². The predicted molar refractivity (Wildman–Crippen MR) is 136 cm³/mol. The molecule has 10 nitrogen and oxygen atoms in total. The normalized spacial score (nSPS) is 23.4. The van der Waals surface area contributed by atoms with Gasteiger partial charge in [-0.05, 0) is 80.9 Å². The largest absolute Gasteiger partial charge is 0.480 e. The third-order valence-corrected chi connectivity index (χ3v) is 8.20. The number of aromatic nitrogens is 3. The van der Waals surface area contributed by atoms with Gasteiger partial charge in [-0.1, -0.05) is 6.07 Å².